The predicted molar refractivity (Wildman–Crippen MR) is 98.1 cm³/mol. The summed E-state index contributed by atoms with van der Waals surface area (Å²) in [6.45, 7) is 2.25. The van der Waals surface area contributed by atoms with Gasteiger partial charge in [0.25, 0.3) is 0 Å². The molecule has 0 spiro atoms. The molecule has 0 N–H and O–H groups in total. The van der Waals surface area contributed by atoms with Gasteiger partial charge in [-0.15, -0.1) is 0 Å². The van der Waals surface area contributed by atoms with Crippen molar-refractivity contribution in [2.45, 2.75) is 51.5 Å². The summed E-state index contributed by atoms with van der Waals surface area (Å²) in [5, 5.41) is 0. The summed E-state index contributed by atoms with van der Waals surface area (Å²) in [6, 6.07) is 21.0. The van der Waals surface area contributed by atoms with E-state index < -0.39 is 9.28 Å². The quantitative estimate of drug-likeness (QED) is 0.372. The average Bonchev–Trinajstić information content (AvgIpc) is 2.60. The fourth-order valence-electron chi connectivity index (χ4n) is 2.41. The van der Waals surface area contributed by atoms with Gasteiger partial charge in [-0.3, -0.25) is 0 Å². The molecule has 0 aliphatic rings. The predicted octanol–water partition coefficient (Wildman–Crippen LogP) is 5.99. The maximum Gasteiger partial charge on any atom is 0.532 e. The van der Waals surface area contributed by atoms with Crippen LogP contribution < -0.4 is 8.85 Å². The topological polar surface area (TPSA) is 18.5 Å². The van der Waals surface area contributed by atoms with Gasteiger partial charge >= 0.3 is 9.28 Å². The Bertz CT molecular complexity index is 474. The van der Waals surface area contributed by atoms with E-state index in [1.807, 2.05) is 60.7 Å². The van der Waals surface area contributed by atoms with Crippen LogP contribution in [-0.2, 0) is 0 Å². The van der Waals surface area contributed by atoms with Crippen molar-refractivity contribution < 1.29 is 8.85 Å². The van der Waals surface area contributed by atoms with Crippen LogP contribution in [0.4, 0.5) is 0 Å². The van der Waals surface area contributed by atoms with Gasteiger partial charge in [0.15, 0.2) is 0 Å². The minimum absolute atomic E-state index is 0.906. The lowest BCUT2D eigenvalue weighted by Crippen LogP contribution is -2.29. The molecule has 2 rings (SSSR count). The number of hydrogen-bond donors (Lipinski definition) is 0. The third-order valence-corrected chi connectivity index (χ3v) is 5.37. The number of benzene rings is 2. The first kappa shape index (κ1) is 17.6. The standard InChI is InChI=1S/C20H27O2Si/c1-2-3-4-5-6-13-18-23(21-19-14-9-7-10-15-19)22-20-16-11-8-12-17-20/h7-12,14-17H,2-6,13,18H2,1H3. The summed E-state index contributed by atoms with van der Waals surface area (Å²) in [5.41, 5.74) is 0. The molecule has 2 aromatic carbocycles. The molecular formula is C20H27O2Si. The van der Waals surface area contributed by atoms with E-state index in [9.17, 15) is 0 Å². The van der Waals surface area contributed by atoms with Crippen LogP contribution in [0.1, 0.15) is 45.4 Å². The first-order valence-corrected chi connectivity index (χ1v) is 10.2. The van der Waals surface area contributed by atoms with E-state index in [0.29, 0.717) is 0 Å². The lowest BCUT2D eigenvalue weighted by atomic mass is 10.1. The number of rotatable bonds is 11. The van der Waals surface area contributed by atoms with Crippen LogP contribution in [0.2, 0.25) is 6.04 Å². The van der Waals surface area contributed by atoms with Crippen molar-refractivity contribution in [2.24, 2.45) is 0 Å². The SMILES string of the molecule is CCCCCCCC[Si](Oc1ccccc1)Oc1ccccc1. The second-order valence-electron chi connectivity index (χ2n) is 5.72. The summed E-state index contributed by atoms with van der Waals surface area (Å²) in [7, 11) is -1.34. The second kappa shape index (κ2) is 10.9. The normalized spacial score (nSPS) is 10.7. The molecule has 0 fully saturated rings. The van der Waals surface area contributed by atoms with Crippen LogP contribution in [0.25, 0.3) is 0 Å². The Morgan fingerprint density at radius 2 is 1.13 bits per heavy atom. The number of hydrogen-bond acceptors (Lipinski definition) is 2. The van der Waals surface area contributed by atoms with Crippen molar-refractivity contribution in [2.75, 3.05) is 0 Å². The smallest absolute Gasteiger partial charge is 0.510 e. The molecule has 2 nitrogen and oxygen atoms in total. The van der Waals surface area contributed by atoms with Crippen molar-refractivity contribution in [3.63, 3.8) is 0 Å². The minimum Gasteiger partial charge on any atom is -0.510 e. The Balaban J connectivity index is 1.83. The lowest BCUT2D eigenvalue weighted by molar-refractivity contribution is 0.416. The van der Waals surface area contributed by atoms with E-state index in [2.05, 4.69) is 6.92 Å². The first-order valence-electron chi connectivity index (χ1n) is 8.70. The zero-order chi connectivity index (χ0) is 16.2. The Morgan fingerprint density at radius 3 is 1.65 bits per heavy atom. The van der Waals surface area contributed by atoms with Crippen LogP contribution in [-0.4, -0.2) is 9.28 Å². The molecule has 1 radical (unpaired) electrons. The molecule has 0 unspecified atom stereocenters. The van der Waals surface area contributed by atoms with Gasteiger partial charge in [0.05, 0.1) is 0 Å². The summed E-state index contributed by atoms with van der Waals surface area (Å²) >= 11 is 0. The molecule has 0 bridgehead atoms. The molecule has 0 heterocycles. The minimum atomic E-state index is -1.34. The van der Waals surface area contributed by atoms with Gasteiger partial charge in [0, 0.05) is 6.04 Å². The van der Waals surface area contributed by atoms with Gasteiger partial charge in [-0.2, -0.15) is 0 Å². The summed E-state index contributed by atoms with van der Waals surface area (Å²) in [6.07, 6.45) is 7.75. The van der Waals surface area contributed by atoms with Crippen LogP contribution in [0.5, 0.6) is 11.5 Å². The molecule has 0 aliphatic heterocycles. The van der Waals surface area contributed by atoms with Gasteiger partial charge in [0.2, 0.25) is 0 Å². The Morgan fingerprint density at radius 1 is 0.652 bits per heavy atom. The molecule has 0 aliphatic carbocycles. The largest absolute Gasteiger partial charge is 0.532 e. The Hall–Kier alpha value is -1.74. The van der Waals surface area contributed by atoms with E-state index in [4.69, 9.17) is 8.85 Å². The van der Waals surface area contributed by atoms with E-state index in [1.54, 1.807) is 0 Å². The van der Waals surface area contributed by atoms with E-state index in [1.165, 1.54) is 38.5 Å². The molecule has 0 saturated carbocycles. The van der Waals surface area contributed by atoms with Crippen molar-refractivity contribution >= 4 is 9.28 Å². The number of unbranched alkanes of at least 4 members (excludes halogenated alkanes) is 5. The summed E-state index contributed by atoms with van der Waals surface area (Å²) in [5.74, 6) is 1.81. The average molecular weight is 328 g/mol. The lowest BCUT2D eigenvalue weighted by Gasteiger charge is -2.17. The van der Waals surface area contributed by atoms with Gasteiger partial charge in [0.1, 0.15) is 11.5 Å². The summed E-state index contributed by atoms with van der Waals surface area (Å²) in [4.78, 5) is 0. The second-order valence-corrected chi connectivity index (χ2v) is 7.37. The highest BCUT2D eigenvalue weighted by Gasteiger charge is 2.20. The fourth-order valence-corrected chi connectivity index (χ4v) is 3.99. The molecule has 0 saturated heterocycles. The molecule has 0 atom stereocenters. The zero-order valence-corrected chi connectivity index (χ0v) is 15.0. The molecule has 0 aromatic heterocycles. The van der Waals surface area contributed by atoms with Crippen molar-refractivity contribution in [1.82, 2.24) is 0 Å². The van der Waals surface area contributed by atoms with Crippen LogP contribution in [0.3, 0.4) is 0 Å². The van der Waals surface area contributed by atoms with Crippen molar-refractivity contribution in [3.05, 3.63) is 60.7 Å². The number of para-hydroxylation sites is 2. The maximum absolute atomic E-state index is 6.13. The monoisotopic (exact) mass is 327 g/mol. The van der Waals surface area contributed by atoms with Gasteiger partial charge in [-0.25, -0.2) is 0 Å². The van der Waals surface area contributed by atoms with E-state index >= 15 is 0 Å². The fraction of sp³-hybridized carbons (Fsp3) is 0.400. The molecule has 3 heteroatoms. The third-order valence-electron chi connectivity index (χ3n) is 3.68. The highest BCUT2D eigenvalue weighted by molar-refractivity contribution is 6.46. The van der Waals surface area contributed by atoms with E-state index in [0.717, 1.165) is 17.5 Å². The van der Waals surface area contributed by atoms with Crippen molar-refractivity contribution in [1.29, 1.82) is 0 Å². The van der Waals surface area contributed by atoms with Crippen LogP contribution in [0, 0.1) is 0 Å². The third kappa shape index (κ3) is 7.38. The Kier molecular flexibility index (Phi) is 8.34. The van der Waals surface area contributed by atoms with Crippen molar-refractivity contribution in [3.8, 4) is 11.5 Å². The Labute approximate surface area is 142 Å². The van der Waals surface area contributed by atoms with Gasteiger partial charge in [-0.1, -0.05) is 75.4 Å². The van der Waals surface area contributed by atoms with Gasteiger partial charge < -0.3 is 8.85 Å². The molecule has 0 amide bonds. The van der Waals surface area contributed by atoms with Gasteiger partial charge in [-0.05, 0) is 30.7 Å². The molecule has 23 heavy (non-hydrogen) atoms. The maximum atomic E-state index is 6.13. The van der Waals surface area contributed by atoms with Crippen LogP contribution >= 0.6 is 0 Å². The molecular weight excluding hydrogens is 300 g/mol. The summed E-state index contributed by atoms with van der Waals surface area (Å²) < 4.78 is 12.3. The first-order chi connectivity index (χ1) is 11.4. The highest BCUT2D eigenvalue weighted by Crippen LogP contribution is 2.18. The van der Waals surface area contributed by atoms with E-state index in [-0.39, 0.29) is 0 Å². The van der Waals surface area contributed by atoms with Crippen LogP contribution in [0.15, 0.2) is 60.7 Å². The molecule has 2 aromatic rings. The highest BCUT2D eigenvalue weighted by atomic mass is 28.3. The zero-order valence-electron chi connectivity index (χ0n) is 14.0. The molecule has 123 valence electrons.